The zero-order valence-corrected chi connectivity index (χ0v) is 12.6. The summed E-state index contributed by atoms with van der Waals surface area (Å²) >= 11 is 0. The van der Waals surface area contributed by atoms with Crippen LogP contribution in [0, 0.1) is 13.8 Å². The van der Waals surface area contributed by atoms with E-state index in [1.165, 1.54) is 11.3 Å². The number of hydrogen-bond acceptors (Lipinski definition) is 3. The Labute approximate surface area is 111 Å². The molecule has 4 heteroatoms. The Kier molecular flexibility index (Phi) is 5.82. The standard InChI is InChI=1S/C14H27N3O/c1-10(2)15-9-14-12(4)16-17(13(14)5)11(3)7-8-18-6/h10-11,15H,7-9H2,1-6H3. The van der Waals surface area contributed by atoms with Gasteiger partial charge in [-0.15, -0.1) is 0 Å². The van der Waals surface area contributed by atoms with E-state index in [9.17, 15) is 0 Å². The molecule has 0 aliphatic heterocycles. The summed E-state index contributed by atoms with van der Waals surface area (Å²) in [5.41, 5.74) is 3.72. The molecule has 0 aliphatic carbocycles. The van der Waals surface area contributed by atoms with Crippen LogP contribution in [0.25, 0.3) is 0 Å². The van der Waals surface area contributed by atoms with Crippen molar-refractivity contribution in [2.75, 3.05) is 13.7 Å². The van der Waals surface area contributed by atoms with Gasteiger partial charge in [0.15, 0.2) is 0 Å². The van der Waals surface area contributed by atoms with Crippen molar-refractivity contribution < 1.29 is 4.74 Å². The fraction of sp³-hybridized carbons (Fsp3) is 0.786. The lowest BCUT2D eigenvalue weighted by Crippen LogP contribution is -2.22. The Hall–Kier alpha value is -0.870. The minimum Gasteiger partial charge on any atom is -0.385 e. The predicted molar refractivity (Wildman–Crippen MR) is 74.9 cm³/mol. The van der Waals surface area contributed by atoms with E-state index in [1.807, 2.05) is 0 Å². The van der Waals surface area contributed by atoms with E-state index in [0.717, 1.165) is 25.3 Å². The third-order valence-corrected chi connectivity index (χ3v) is 3.32. The van der Waals surface area contributed by atoms with Gasteiger partial charge in [0.2, 0.25) is 0 Å². The smallest absolute Gasteiger partial charge is 0.0641 e. The summed E-state index contributed by atoms with van der Waals surface area (Å²) in [7, 11) is 1.74. The van der Waals surface area contributed by atoms with E-state index in [1.54, 1.807) is 7.11 Å². The van der Waals surface area contributed by atoms with Gasteiger partial charge in [0.25, 0.3) is 0 Å². The zero-order valence-electron chi connectivity index (χ0n) is 12.6. The van der Waals surface area contributed by atoms with Crippen LogP contribution in [0.5, 0.6) is 0 Å². The molecule has 0 radical (unpaired) electrons. The zero-order chi connectivity index (χ0) is 13.7. The van der Waals surface area contributed by atoms with Gasteiger partial charge in [-0.25, -0.2) is 0 Å². The maximum absolute atomic E-state index is 5.14. The number of aryl methyl sites for hydroxylation is 1. The molecule has 4 nitrogen and oxygen atoms in total. The van der Waals surface area contributed by atoms with E-state index in [-0.39, 0.29) is 0 Å². The number of rotatable bonds is 7. The molecule has 1 atom stereocenters. The monoisotopic (exact) mass is 253 g/mol. The van der Waals surface area contributed by atoms with Crippen LogP contribution in [0.3, 0.4) is 0 Å². The SMILES string of the molecule is COCCC(C)n1nc(C)c(CNC(C)C)c1C. The molecule has 0 bridgehead atoms. The first kappa shape index (κ1) is 15.2. The second-order valence-electron chi connectivity index (χ2n) is 5.26. The largest absolute Gasteiger partial charge is 0.385 e. The quantitative estimate of drug-likeness (QED) is 0.812. The minimum atomic E-state index is 0.386. The highest BCUT2D eigenvalue weighted by atomic mass is 16.5. The van der Waals surface area contributed by atoms with Crippen molar-refractivity contribution in [1.82, 2.24) is 15.1 Å². The molecule has 0 amide bonds. The molecule has 1 rings (SSSR count). The van der Waals surface area contributed by atoms with Crippen molar-refractivity contribution in [3.8, 4) is 0 Å². The van der Waals surface area contributed by atoms with E-state index < -0.39 is 0 Å². The van der Waals surface area contributed by atoms with Crippen molar-refractivity contribution in [3.05, 3.63) is 17.0 Å². The summed E-state index contributed by atoms with van der Waals surface area (Å²) in [4.78, 5) is 0. The molecule has 0 saturated heterocycles. The normalized spacial score (nSPS) is 13.3. The molecule has 0 fully saturated rings. The first-order valence-electron chi connectivity index (χ1n) is 6.74. The second-order valence-corrected chi connectivity index (χ2v) is 5.26. The number of nitrogens with zero attached hydrogens (tertiary/aromatic N) is 2. The summed E-state index contributed by atoms with van der Waals surface area (Å²) < 4.78 is 7.27. The van der Waals surface area contributed by atoms with Gasteiger partial charge in [-0.05, 0) is 27.2 Å². The van der Waals surface area contributed by atoms with Gasteiger partial charge in [-0.3, -0.25) is 4.68 Å². The highest BCUT2D eigenvalue weighted by Gasteiger charge is 2.15. The Morgan fingerprint density at radius 2 is 1.94 bits per heavy atom. The molecule has 0 aliphatic rings. The number of methoxy groups -OCH3 is 1. The molecule has 18 heavy (non-hydrogen) atoms. The topological polar surface area (TPSA) is 39.1 Å². The Balaban J connectivity index is 2.79. The molecule has 104 valence electrons. The summed E-state index contributed by atoms with van der Waals surface area (Å²) in [6.07, 6.45) is 0.996. The molecular formula is C14H27N3O. The first-order valence-corrected chi connectivity index (χ1v) is 6.74. The van der Waals surface area contributed by atoms with Crippen LogP contribution in [0.4, 0.5) is 0 Å². The molecule has 0 aromatic carbocycles. The Morgan fingerprint density at radius 1 is 1.28 bits per heavy atom. The Morgan fingerprint density at radius 3 is 2.50 bits per heavy atom. The van der Waals surface area contributed by atoms with Gasteiger partial charge in [-0.1, -0.05) is 13.8 Å². The minimum absolute atomic E-state index is 0.386. The second kappa shape index (κ2) is 6.90. The van der Waals surface area contributed by atoms with Gasteiger partial charge >= 0.3 is 0 Å². The van der Waals surface area contributed by atoms with Gasteiger partial charge in [-0.2, -0.15) is 5.10 Å². The lowest BCUT2D eigenvalue weighted by Gasteiger charge is -2.14. The van der Waals surface area contributed by atoms with E-state index in [0.29, 0.717) is 12.1 Å². The lowest BCUT2D eigenvalue weighted by molar-refractivity contribution is 0.178. The fourth-order valence-corrected chi connectivity index (χ4v) is 2.10. The van der Waals surface area contributed by atoms with E-state index in [4.69, 9.17) is 4.74 Å². The average Bonchev–Trinajstić information content (AvgIpc) is 2.59. The average molecular weight is 253 g/mol. The van der Waals surface area contributed by atoms with Crippen molar-refractivity contribution in [2.45, 2.75) is 59.7 Å². The molecule has 1 aromatic rings. The maximum Gasteiger partial charge on any atom is 0.0641 e. The number of ether oxygens (including phenoxy) is 1. The Bertz CT molecular complexity index is 371. The lowest BCUT2D eigenvalue weighted by atomic mass is 10.1. The first-order chi connectivity index (χ1) is 8.47. The summed E-state index contributed by atoms with van der Waals surface area (Å²) in [5, 5.41) is 8.12. The van der Waals surface area contributed by atoms with E-state index in [2.05, 4.69) is 49.7 Å². The predicted octanol–water partition coefficient (Wildman–Crippen LogP) is 2.60. The highest BCUT2D eigenvalue weighted by Crippen LogP contribution is 2.19. The number of aromatic nitrogens is 2. The van der Waals surface area contributed by atoms with Crippen LogP contribution in [0.1, 0.15) is 50.2 Å². The van der Waals surface area contributed by atoms with Gasteiger partial charge in [0.05, 0.1) is 11.7 Å². The van der Waals surface area contributed by atoms with Crippen LogP contribution in [0.15, 0.2) is 0 Å². The third kappa shape index (κ3) is 3.82. The van der Waals surface area contributed by atoms with Crippen LogP contribution >= 0.6 is 0 Å². The van der Waals surface area contributed by atoms with Crippen LogP contribution in [0.2, 0.25) is 0 Å². The van der Waals surface area contributed by atoms with Crippen LogP contribution < -0.4 is 5.32 Å². The number of hydrogen-bond donors (Lipinski definition) is 1. The van der Waals surface area contributed by atoms with Gasteiger partial charge in [0.1, 0.15) is 0 Å². The third-order valence-electron chi connectivity index (χ3n) is 3.32. The van der Waals surface area contributed by atoms with Gasteiger partial charge in [0, 0.05) is 37.6 Å². The van der Waals surface area contributed by atoms with Crippen molar-refractivity contribution in [2.24, 2.45) is 0 Å². The highest BCUT2D eigenvalue weighted by molar-refractivity contribution is 5.24. The van der Waals surface area contributed by atoms with Crippen molar-refractivity contribution in [1.29, 1.82) is 0 Å². The van der Waals surface area contributed by atoms with Crippen molar-refractivity contribution in [3.63, 3.8) is 0 Å². The van der Waals surface area contributed by atoms with Gasteiger partial charge < -0.3 is 10.1 Å². The van der Waals surface area contributed by atoms with E-state index >= 15 is 0 Å². The maximum atomic E-state index is 5.14. The van der Waals surface area contributed by atoms with Crippen LogP contribution in [-0.4, -0.2) is 29.5 Å². The molecule has 1 unspecified atom stereocenters. The summed E-state index contributed by atoms with van der Waals surface area (Å²) in [5.74, 6) is 0. The molecule has 1 N–H and O–H groups in total. The summed E-state index contributed by atoms with van der Waals surface area (Å²) in [6, 6.07) is 0.884. The van der Waals surface area contributed by atoms with Crippen molar-refractivity contribution >= 4 is 0 Å². The van der Waals surface area contributed by atoms with Crippen LogP contribution in [-0.2, 0) is 11.3 Å². The molecule has 1 heterocycles. The molecular weight excluding hydrogens is 226 g/mol. The summed E-state index contributed by atoms with van der Waals surface area (Å²) in [6.45, 7) is 12.4. The molecule has 1 aromatic heterocycles. The fourth-order valence-electron chi connectivity index (χ4n) is 2.10. The molecule has 0 saturated carbocycles. The molecule has 0 spiro atoms. The number of nitrogens with one attached hydrogen (secondary N) is 1.